The number of thiazole rings is 1. The highest BCUT2D eigenvalue weighted by Crippen LogP contribution is 2.43. The molecule has 9 rings (SSSR count). The van der Waals surface area contributed by atoms with Crippen LogP contribution in [0.25, 0.3) is 11.1 Å². The molecule has 19 heteroatoms. The Labute approximate surface area is 412 Å². The van der Waals surface area contributed by atoms with E-state index >= 15 is 0 Å². The zero-order valence-corrected chi connectivity index (χ0v) is 40.1. The average molecular weight is 1010 g/mol. The van der Waals surface area contributed by atoms with Gasteiger partial charge in [0.05, 0.1) is 33.4 Å². The van der Waals surface area contributed by atoms with E-state index in [0.29, 0.717) is 62.5 Å². The number of amides is 2. The van der Waals surface area contributed by atoms with E-state index in [1.165, 1.54) is 6.92 Å². The molecule has 69 heavy (non-hydrogen) atoms. The van der Waals surface area contributed by atoms with Crippen LogP contribution in [0.5, 0.6) is 17.2 Å². The monoisotopic (exact) mass is 1010 g/mol. The van der Waals surface area contributed by atoms with Crippen LogP contribution < -0.4 is 30.2 Å². The minimum absolute atomic E-state index is 0.0913. The van der Waals surface area contributed by atoms with Crippen molar-refractivity contribution in [3.05, 3.63) is 152 Å². The van der Waals surface area contributed by atoms with Crippen molar-refractivity contribution in [2.24, 2.45) is 0 Å². The Morgan fingerprint density at radius 1 is 0.942 bits per heavy atom. The molecule has 0 saturated carbocycles. The van der Waals surface area contributed by atoms with Crippen molar-refractivity contribution >= 4 is 67.5 Å². The van der Waals surface area contributed by atoms with Crippen LogP contribution in [0.15, 0.2) is 107 Å². The lowest BCUT2D eigenvalue weighted by Crippen LogP contribution is -2.55. The summed E-state index contributed by atoms with van der Waals surface area (Å²) < 4.78 is 49.3. The Bertz CT molecular complexity index is 3090. The van der Waals surface area contributed by atoms with Gasteiger partial charge in [0.2, 0.25) is 11.8 Å². The van der Waals surface area contributed by atoms with Crippen molar-refractivity contribution in [2.75, 3.05) is 18.5 Å². The number of carbonyl (C=O) groups is 3. The average Bonchev–Trinajstić information content (AvgIpc) is 4.04. The van der Waals surface area contributed by atoms with Crippen molar-refractivity contribution in [1.82, 2.24) is 19.9 Å². The van der Waals surface area contributed by atoms with Crippen LogP contribution in [0.3, 0.4) is 0 Å². The number of fused-ring (bicyclic) bond motifs is 2. The van der Waals surface area contributed by atoms with Crippen LogP contribution in [0.4, 0.5) is 5.13 Å². The number of ether oxygens (including phenoxy) is 3. The van der Waals surface area contributed by atoms with Gasteiger partial charge in [-0.15, -0.1) is 0 Å². The number of halogens is 2. The summed E-state index contributed by atoms with van der Waals surface area (Å²) in [5, 5.41) is 29.0. The quantitative estimate of drug-likeness (QED) is 0.0818. The highest BCUT2D eigenvalue weighted by Gasteiger charge is 2.43. The van der Waals surface area contributed by atoms with Crippen molar-refractivity contribution in [1.29, 1.82) is 5.26 Å². The molecule has 2 amide bonds. The van der Waals surface area contributed by atoms with Gasteiger partial charge >= 0.3 is 5.97 Å². The number of hydrogen-bond donors (Lipinski definition) is 4. The van der Waals surface area contributed by atoms with Crippen molar-refractivity contribution in [2.45, 2.75) is 74.2 Å². The number of rotatable bonds is 14. The minimum Gasteiger partial charge on any atom is -0.489 e. The number of benzene rings is 5. The van der Waals surface area contributed by atoms with E-state index in [0.717, 1.165) is 44.3 Å². The van der Waals surface area contributed by atoms with Crippen LogP contribution in [-0.4, -0.2) is 71.9 Å². The van der Waals surface area contributed by atoms with Gasteiger partial charge in [0, 0.05) is 13.0 Å². The van der Waals surface area contributed by atoms with Crippen LogP contribution in [0.1, 0.15) is 58.0 Å². The number of aromatic nitrogens is 1. The van der Waals surface area contributed by atoms with E-state index in [-0.39, 0.29) is 53.5 Å². The topological polar surface area (TPSA) is 209 Å². The van der Waals surface area contributed by atoms with E-state index in [1.54, 1.807) is 48.5 Å². The number of aryl methyl sites for hydroxylation is 1. The zero-order chi connectivity index (χ0) is 48.4. The van der Waals surface area contributed by atoms with Gasteiger partial charge in [0.25, 0.3) is 10.0 Å². The third-order valence-corrected chi connectivity index (χ3v) is 16.5. The third-order valence-electron chi connectivity index (χ3n) is 12.2. The van der Waals surface area contributed by atoms with Crippen LogP contribution in [0.2, 0.25) is 10.0 Å². The van der Waals surface area contributed by atoms with E-state index in [4.69, 9.17) is 42.7 Å². The van der Waals surface area contributed by atoms with Crippen LogP contribution in [0, 0.1) is 18.3 Å². The summed E-state index contributed by atoms with van der Waals surface area (Å²) in [5.41, 5.74) is 5.82. The number of sulfonamides is 1. The fourth-order valence-corrected chi connectivity index (χ4v) is 11.9. The summed E-state index contributed by atoms with van der Waals surface area (Å²) in [6.07, 6.45) is 0.733. The summed E-state index contributed by atoms with van der Waals surface area (Å²) in [5.74, 6) is -1.04. The molecule has 1 aromatic heterocycles. The zero-order valence-electron chi connectivity index (χ0n) is 36.9. The number of nitrogens with zero attached hydrogens (tertiary/aromatic N) is 3. The number of anilines is 1. The molecular weight excluding hydrogens is 964 g/mol. The molecule has 6 aromatic rings. The Hall–Kier alpha value is -6.52. The molecule has 354 valence electrons. The van der Waals surface area contributed by atoms with Gasteiger partial charge < -0.3 is 35.3 Å². The van der Waals surface area contributed by atoms with Crippen molar-refractivity contribution in [3.63, 3.8) is 0 Å². The second kappa shape index (κ2) is 20.2. The standard InChI is InChI=1S/C50H44Cl2N6O9S2/c1-28-49(68-50(55-28)57-46(59)40-3-2-18-54-40)69(63,64)58-25-36-23-44-43(66-27-45(67-44)34-13-15-37(16-14-34)65-26-31-8-17-38(51)39(52)19-31)22-35(36)21-42(58)47(60)56-41(48(61)62)20-29-4-9-32(10-5-29)33-11-6-30(24-53)7-12-33/h4-17,19,22-23,40-42,45,54H,2-3,18,20-21,25-27H2,1H3,(H,56,60)(H,61,62)(H,55,57,59)/t40-,41?,42-,45+/m0/s1. The van der Waals surface area contributed by atoms with Crippen LogP contribution in [-0.2, 0) is 50.4 Å². The van der Waals surface area contributed by atoms with Gasteiger partial charge in [-0.1, -0.05) is 89.1 Å². The van der Waals surface area contributed by atoms with Gasteiger partial charge in [-0.05, 0) is 120 Å². The molecule has 1 saturated heterocycles. The number of nitrogens with one attached hydrogen (secondary N) is 3. The Morgan fingerprint density at radius 2 is 1.65 bits per heavy atom. The molecule has 4 heterocycles. The summed E-state index contributed by atoms with van der Waals surface area (Å²) in [6.45, 7) is 2.37. The van der Waals surface area contributed by atoms with Gasteiger partial charge in [-0.2, -0.15) is 9.57 Å². The molecule has 3 aliphatic rings. The Balaban J connectivity index is 0.956. The first kappa shape index (κ1) is 47.5. The molecule has 1 fully saturated rings. The normalized spacial score (nSPS) is 18.1. The predicted molar refractivity (Wildman–Crippen MR) is 259 cm³/mol. The molecule has 15 nitrogen and oxygen atoms in total. The summed E-state index contributed by atoms with van der Waals surface area (Å²) in [7, 11) is -4.52. The second-order valence-corrected chi connectivity index (χ2v) is 20.8. The van der Waals surface area contributed by atoms with Crippen molar-refractivity contribution in [3.8, 4) is 34.4 Å². The molecular formula is C50H44Cl2N6O9S2. The largest absolute Gasteiger partial charge is 0.489 e. The van der Waals surface area contributed by atoms with Gasteiger partial charge in [0.1, 0.15) is 31.0 Å². The molecule has 5 aromatic carbocycles. The SMILES string of the molecule is Cc1nc(NC(=O)[C@@H]2CCCN2)sc1S(=O)(=O)N1Cc2cc3c(cc2C[C@H]1C(=O)NC(Cc1ccc(-c2ccc(C#N)cc2)cc1)C(=O)O)OC[C@H](c1ccc(OCc2ccc(Cl)c(Cl)c2)cc1)O3. The minimum atomic E-state index is -4.52. The van der Waals surface area contributed by atoms with E-state index in [9.17, 15) is 27.9 Å². The number of carboxylic acids is 1. The lowest BCUT2D eigenvalue weighted by Gasteiger charge is -2.36. The summed E-state index contributed by atoms with van der Waals surface area (Å²) in [4.78, 5) is 44.6. The maximum atomic E-state index is 14.9. The van der Waals surface area contributed by atoms with E-state index in [2.05, 4.69) is 27.0 Å². The number of carbonyl (C=O) groups excluding carboxylic acids is 2. The number of nitriles is 1. The smallest absolute Gasteiger partial charge is 0.326 e. The Morgan fingerprint density at radius 3 is 2.33 bits per heavy atom. The van der Waals surface area contributed by atoms with Gasteiger partial charge in [-0.25, -0.2) is 18.2 Å². The lowest BCUT2D eigenvalue weighted by molar-refractivity contribution is -0.142. The first-order chi connectivity index (χ1) is 33.2. The predicted octanol–water partition coefficient (Wildman–Crippen LogP) is 8.01. The maximum Gasteiger partial charge on any atom is 0.326 e. The number of aliphatic carboxylic acids is 1. The maximum absolute atomic E-state index is 14.9. The third kappa shape index (κ3) is 10.6. The van der Waals surface area contributed by atoms with Crippen LogP contribution >= 0.6 is 34.5 Å². The Kier molecular flexibility index (Phi) is 13.9. The van der Waals surface area contributed by atoms with Crippen molar-refractivity contribution < 1.29 is 42.1 Å². The molecule has 3 aliphatic heterocycles. The molecule has 0 aliphatic carbocycles. The summed E-state index contributed by atoms with van der Waals surface area (Å²) >= 11 is 13.0. The second-order valence-electron chi connectivity index (χ2n) is 16.9. The molecule has 0 spiro atoms. The highest BCUT2D eigenvalue weighted by atomic mass is 35.5. The fraction of sp³-hybridized carbons (Fsp3) is 0.260. The van der Waals surface area contributed by atoms with Gasteiger partial charge in [0.15, 0.2) is 26.9 Å². The summed E-state index contributed by atoms with van der Waals surface area (Å²) in [6, 6.07) is 29.2. The number of carboxylic acid groups (broad SMARTS) is 1. The number of hydrogen-bond acceptors (Lipinski definition) is 12. The first-order valence-corrected chi connectivity index (χ1v) is 25.0. The van der Waals surface area contributed by atoms with Gasteiger partial charge in [-0.3, -0.25) is 9.59 Å². The van der Waals surface area contributed by atoms with E-state index < -0.39 is 46.1 Å². The molecule has 0 radical (unpaired) electrons. The lowest BCUT2D eigenvalue weighted by atomic mass is 9.94. The fourth-order valence-electron chi connectivity index (χ4n) is 8.50. The molecule has 0 bridgehead atoms. The van der Waals surface area contributed by atoms with E-state index in [1.807, 2.05) is 54.6 Å². The molecule has 4 N–H and O–H groups in total. The molecule has 4 atom stereocenters. The highest BCUT2D eigenvalue weighted by molar-refractivity contribution is 7.91. The first-order valence-electron chi connectivity index (χ1n) is 22.0. The molecule has 1 unspecified atom stereocenters.